The fourth-order valence-corrected chi connectivity index (χ4v) is 3.04. The summed E-state index contributed by atoms with van der Waals surface area (Å²) >= 11 is 0. The van der Waals surface area contributed by atoms with Gasteiger partial charge in [0.05, 0.1) is 0 Å². The van der Waals surface area contributed by atoms with Crippen LogP contribution in [0.15, 0.2) is 12.2 Å². The number of rotatable bonds is 3. The zero-order chi connectivity index (χ0) is 9.64. The molecule has 0 amide bonds. The van der Waals surface area contributed by atoms with Crippen molar-refractivity contribution in [2.75, 3.05) is 0 Å². The standard InChI is InChI=1S/C14H24/c1-2-7-13(8-3-1)11-6-12-14-9-4-5-10-14/h6,12-14H,1-5,7-11H2/b12-6+. The van der Waals surface area contributed by atoms with Crippen molar-refractivity contribution >= 4 is 0 Å². The predicted octanol–water partition coefficient (Wildman–Crippen LogP) is 4.70. The molecule has 0 saturated heterocycles. The van der Waals surface area contributed by atoms with E-state index in [0.717, 1.165) is 11.8 Å². The highest BCUT2D eigenvalue weighted by atomic mass is 14.2. The number of allylic oxidation sites excluding steroid dienone is 2. The van der Waals surface area contributed by atoms with Crippen molar-refractivity contribution in [2.24, 2.45) is 11.8 Å². The van der Waals surface area contributed by atoms with Gasteiger partial charge in [-0.05, 0) is 31.1 Å². The Balaban J connectivity index is 1.64. The lowest BCUT2D eigenvalue weighted by molar-refractivity contribution is 0.361. The Hall–Kier alpha value is -0.260. The normalized spacial score (nSPS) is 26.3. The first-order chi connectivity index (χ1) is 6.95. The van der Waals surface area contributed by atoms with Crippen LogP contribution in [0.1, 0.15) is 64.2 Å². The van der Waals surface area contributed by atoms with Crippen LogP contribution in [0.3, 0.4) is 0 Å². The Bertz CT molecular complexity index is 168. The van der Waals surface area contributed by atoms with Crippen LogP contribution < -0.4 is 0 Å². The van der Waals surface area contributed by atoms with Crippen molar-refractivity contribution in [3.8, 4) is 0 Å². The molecule has 0 N–H and O–H groups in total. The van der Waals surface area contributed by atoms with Crippen molar-refractivity contribution in [3.63, 3.8) is 0 Å². The van der Waals surface area contributed by atoms with Crippen molar-refractivity contribution in [1.29, 1.82) is 0 Å². The Kier molecular flexibility index (Phi) is 4.09. The first-order valence-electron chi connectivity index (χ1n) is 6.62. The molecule has 0 heteroatoms. The molecule has 2 rings (SSSR count). The molecule has 0 bridgehead atoms. The zero-order valence-corrected chi connectivity index (χ0v) is 9.38. The van der Waals surface area contributed by atoms with E-state index in [1.54, 1.807) is 0 Å². The maximum atomic E-state index is 2.52. The van der Waals surface area contributed by atoms with Gasteiger partial charge < -0.3 is 0 Å². The quantitative estimate of drug-likeness (QED) is 0.568. The van der Waals surface area contributed by atoms with E-state index in [-0.39, 0.29) is 0 Å². The Labute approximate surface area is 88.8 Å². The number of hydrogen-bond donors (Lipinski definition) is 0. The van der Waals surface area contributed by atoms with Crippen LogP contribution in [0, 0.1) is 11.8 Å². The molecule has 2 saturated carbocycles. The zero-order valence-electron chi connectivity index (χ0n) is 9.38. The third kappa shape index (κ3) is 3.15. The molecule has 0 atom stereocenters. The van der Waals surface area contributed by atoms with Gasteiger partial charge in [-0.2, -0.15) is 0 Å². The summed E-state index contributed by atoms with van der Waals surface area (Å²) in [6.45, 7) is 0. The van der Waals surface area contributed by atoms with Gasteiger partial charge in [0.25, 0.3) is 0 Å². The van der Waals surface area contributed by atoms with Crippen molar-refractivity contribution in [2.45, 2.75) is 64.2 Å². The minimum Gasteiger partial charge on any atom is -0.0880 e. The fourth-order valence-electron chi connectivity index (χ4n) is 3.04. The second kappa shape index (κ2) is 5.58. The molecule has 2 aliphatic rings. The van der Waals surface area contributed by atoms with Crippen LogP contribution in [0.2, 0.25) is 0 Å². The highest BCUT2D eigenvalue weighted by molar-refractivity contribution is 4.92. The molecule has 0 heterocycles. The molecule has 2 fully saturated rings. The lowest BCUT2D eigenvalue weighted by atomic mass is 9.87. The van der Waals surface area contributed by atoms with E-state index >= 15 is 0 Å². The van der Waals surface area contributed by atoms with Crippen molar-refractivity contribution in [3.05, 3.63) is 12.2 Å². The maximum Gasteiger partial charge on any atom is -0.0234 e. The van der Waals surface area contributed by atoms with Crippen LogP contribution in [-0.4, -0.2) is 0 Å². The SMILES string of the molecule is C(=C\C1CCCC1)/CC1CCCCC1. The largest absolute Gasteiger partial charge is 0.0880 e. The molecule has 80 valence electrons. The molecule has 0 aromatic rings. The Morgan fingerprint density at radius 2 is 1.43 bits per heavy atom. The van der Waals surface area contributed by atoms with E-state index in [1.807, 2.05) is 0 Å². The molecule has 0 aromatic carbocycles. The predicted molar refractivity (Wildman–Crippen MR) is 62.3 cm³/mol. The third-order valence-corrected chi connectivity index (χ3v) is 4.00. The molecule has 0 nitrogen and oxygen atoms in total. The summed E-state index contributed by atoms with van der Waals surface area (Å²) in [6.07, 6.45) is 19.7. The fraction of sp³-hybridized carbons (Fsp3) is 0.857. The van der Waals surface area contributed by atoms with Gasteiger partial charge in [-0.25, -0.2) is 0 Å². The summed E-state index contributed by atoms with van der Waals surface area (Å²) in [7, 11) is 0. The average molecular weight is 192 g/mol. The highest BCUT2D eigenvalue weighted by Crippen LogP contribution is 2.29. The van der Waals surface area contributed by atoms with E-state index in [0.29, 0.717) is 0 Å². The molecule has 0 radical (unpaired) electrons. The molecule has 0 aromatic heterocycles. The van der Waals surface area contributed by atoms with Gasteiger partial charge in [-0.3, -0.25) is 0 Å². The molecule has 0 unspecified atom stereocenters. The highest BCUT2D eigenvalue weighted by Gasteiger charge is 2.13. The van der Waals surface area contributed by atoms with Crippen LogP contribution in [-0.2, 0) is 0 Å². The van der Waals surface area contributed by atoms with E-state index in [1.165, 1.54) is 64.2 Å². The second-order valence-corrected chi connectivity index (χ2v) is 5.21. The molecular weight excluding hydrogens is 168 g/mol. The van der Waals surface area contributed by atoms with E-state index in [9.17, 15) is 0 Å². The van der Waals surface area contributed by atoms with Crippen LogP contribution in [0.5, 0.6) is 0 Å². The summed E-state index contributed by atoms with van der Waals surface area (Å²) in [5.74, 6) is 1.97. The van der Waals surface area contributed by atoms with Gasteiger partial charge in [0, 0.05) is 0 Å². The third-order valence-electron chi connectivity index (χ3n) is 4.00. The van der Waals surface area contributed by atoms with Gasteiger partial charge in [0.1, 0.15) is 0 Å². The van der Waals surface area contributed by atoms with Gasteiger partial charge in [0.15, 0.2) is 0 Å². The minimum absolute atomic E-state index is 0.943. The number of hydrogen-bond acceptors (Lipinski definition) is 0. The molecule has 0 spiro atoms. The van der Waals surface area contributed by atoms with Gasteiger partial charge in [-0.15, -0.1) is 0 Å². The summed E-state index contributed by atoms with van der Waals surface area (Å²) in [6, 6.07) is 0. The molecule has 2 aliphatic carbocycles. The molecule has 0 aliphatic heterocycles. The lowest BCUT2D eigenvalue weighted by Crippen LogP contribution is -2.04. The van der Waals surface area contributed by atoms with E-state index in [4.69, 9.17) is 0 Å². The molecular formula is C14H24. The lowest BCUT2D eigenvalue weighted by Gasteiger charge is -2.19. The molecule has 14 heavy (non-hydrogen) atoms. The van der Waals surface area contributed by atoms with Gasteiger partial charge >= 0.3 is 0 Å². The van der Waals surface area contributed by atoms with Gasteiger partial charge in [0.2, 0.25) is 0 Å². The van der Waals surface area contributed by atoms with Crippen LogP contribution in [0.4, 0.5) is 0 Å². The maximum absolute atomic E-state index is 2.52. The minimum atomic E-state index is 0.943. The summed E-state index contributed by atoms with van der Waals surface area (Å²) < 4.78 is 0. The Morgan fingerprint density at radius 3 is 2.14 bits per heavy atom. The van der Waals surface area contributed by atoms with E-state index < -0.39 is 0 Å². The van der Waals surface area contributed by atoms with Crippen LogP contribution in [0.25, 0.3) is 0 Å². The van der Waals surface area contributed by atoms with Gasteiger partial charge in [-0.1, -0.05) is 57.1 Å². The van der Waals surface area contributed by atoms with Crippen molar-refractivity contribution < 1.29 is 0 Å². The average Bonchev–Trinajstić information content (AvgIpc) is 2.72. The van der Waals surface area contributed by atoms with E-state index in [2.05, 4.69) is 12.2 Å². The van der Waals surface area contributed by atoms with Crippen LogP contribution >= 0.6 is 0 Å². The Morgan fingerprint density at radius 1 is 0.786 bits per heavy atom. The smallest absolute Gasteiger partial charge is 0.0234 e. The summed E-state index contributed by atoms with van der Waals surface area (Å²) in [5, 5.41) is 0. The first-order valence-corrected chi connectivity index (χ1v) is 6.62. The monoisotopic (exact) mass is 192 g/mol. The first kappa shape index (κ1) is 10.3. The summed E-state index contributed by atoms with van der Waals surface area (Å²) in [4.78, 5) is 0. The van der Waals surface area contributed by atoms with Crippen molar-refractivity contribution in [1.82, 2.24) is 0 Å². The summed E-state index contributed by atoms with van der Waals surface area (Å²) in [5.41, 5.74) is 0. The second-order valence-electron chi connectivity index (χ2n) is 5.21. The topological polar surface area (TPSA) is 0 Å².